The van der Waals surface area contributed by atoms with Crippen molar-refractivity contribution in [3.63, 3.8) is 0 Å². The number of anilines is 1. The van der Waals surface area contributed by atoms with Gasteiger partial charge in [0.2, 0.25) is 0 Å². The van der Waals surface area contributed by atoms with Crippen molar-refractivity contribution in [1.82, 2.24) is 15.2 Å². The van der Waals surface area contributed by atoms with E-state index in [1.165, 1.54) is 18.1 Å². The molecule has 114 valence electrons. The fraction of sp³-hybridized carbons (Fsp3) is 0.786. The van der Waals surface area contributed by atoms with Gasteiger partial charge in [-0.15, -0.1) is 11.3 Å². The zero-order valence-electron chi connectivity index (χ0n) is 12.6. The molecule has 0 aliphatic carbocycles. The Balaban J connectivity index is 1.75. The summed E-state index contributed by atoms with van der Waals surface area (Å²) in [5, 5.41) is 6.67. The van der Waals surface area contributed by atoms with Crippen LogP contribution in [0.2, 0.25) is 0 Å². The lowest BCUT2D eigenvalue weighted by Crippen LogP contribution is -2.46. The molecule has 0 amide bonds. The number of piperazine rings is 1. The minimum Gasteiger partial charge on any atom is -0.383 e. The molecule has 1 aliphatic heterocycles. The number of thiazole rings is 1. The number of nitrogens with zero attached hydrogens (tertiary/aromatic N) is 3. The summed E-state index contributed by atoms with van der Waals surface area (Å²) >= 11 is 1.76. The predicted molar refractivity (Wildman–Crippen MR) is 84.6 cm³/mol. The molecule has 0 unspecified atom stereocenters. The molecule has 2 heterocycles. The van der Waals surface area contributed by atoms with Gasteiger partial charge in [-0.2, -0.15) is 0 Å². The van der Waals surface area contributed by atoms with Crippen LogP contribution in [0.1, 0.15) is 19.0 Å². The highest BCUT2D eigenvalue weighted by Crippen LogP contribution is 2.21. The first-order chi connectivity index (χ1) is 9.83. The van der Waals surface area contributed by atoms with Gasteiger partial charge in [-0.25, -0.2) is 4.98 Å². The highest BCUT2D eigenvalue weighted by atomic mass is 32.1. The summed E-state index contributed by atoms with van der Waals surface area (Å²) in [6, 6.07) is 0. The van der Waals surface area contributed by atoms with E-state index >= 15 is 0 Å². The van der Waals surface area contributed by atoms with E-state index in [1.807, 2.05) is 0 Å². The summed E-state index contributed by atoms with van der Waals surface area (Å²) in [4.78, 5) is 9.68. The Kier molecular flexibility index (Phi) is 6.72. The summed E-state index contributed by atoms with van der Waals surface area (Å²) in [6.07, 6.45) is 1.24. The molecule has 0 saturated carbocycles. The van der Waals surface area contributed by atoms with Crippen LogP contribution in [0.3, 0.4) is 0 Å². The molecule has 0 atom stereocenters. The standard InChI is InChI=1S/C14H26N4OS/c1-3-5-17-6-8-18(9-7-17)14-16-13(12-20-14)11-15-4-10-19-2/h12,15H,3-11H2,1-2H3. The molecule has 5 nitrogen and oxygen atoms in total. The third-order valence-electron chi connectivity index (χ3n) is 3.51. The van der Waals surface area contributed by atoms with Gasteiger partial charge in [-0.3, -0.25) is 4.90 Å². The third kappa shape index (κ3) is 4.70. The Hall–Kier alpha value is -0.690. The fourth-order valence-corrected chi connectivity index (χ4v) is 3.27. The fourth-order valence-electron chi connectivity index (χ4n) is 2.39. The Morgan fingerprint density at radius 2 is 2.15 bits per heavy atom. The topological polar surface area (TPSA) is 40.6 Å². The first-order valence-electron chi connectivity index (χ1n) is 7.45. The number of ether oxygens (including phenoxy) is 1. The minimum absolute atomic E-state index is 0.746. The number of nitrogens with one attached hydrogen (secondary N) is 1. The van der Waals surface area contributed by atoms with Gasteiger partial charge in [0.1, 0.15) is 0 Å². The molecule has 1 aliphatic rings. The van der Waals surface area contributed by atoms with Gasteiger partial charge in [0.15, 0.2) is 5.13 Å². The van der Waals surface area contributed by atoms with Crippen LogP contribution in [0.5, 0.6) is 0 Å². The van der Waals surface area contributed by atoms with E-state index in [2.05, 4.69) is 27.4 Å². The first kappa shape index (κ1) is 15.7. The van der Waals surface area contributed by atoms with E-state index in [0.717, 1.165) is 51.6 Å². The van der Waals surface area contributed by atoms with Gasteiger partial charge in [0.25, 0.3) is 0 Å². The van der Waals surface area contributed by atoms with Crippen LogP contribution in [0.4, 0.5) is 5.13 Å². The van der Waals surface area contributed by atoms with Crippen molar-refractivity contribution in [3.05, 3.63) is 11.1 Å². The van der Waals surface area contributed by atoms with E-state index in [9.17, 15) is 0 Å². The van der Waals surface area contributed by atoms with Crippen molar-refractivity contribution in [2.75, 3.05) is 57.9 Å². The highest BCUT2D eigenvalue weighted by molar-refractivity contribution is 7.13. The van der Waals surface area contributed by atoms with Gasteiger partial charge in [0.05, 0.1) is 12.3 Å². The molecule has 0 aromatic carbocycles. The van der Waals surface area contributed by atoms with E-state index < -0.39 is 0 Å². The van der Waals surface area contributed by atoms with E-state index in [-0.39, 0.29) is 0 Å². The molecule has 1 aromatic rings. The molecular weight excluding hydrogens is 272 g/mol. The van der Waals surface area contributed by atoms with Crippen LogP contribution in [-0.4, -0.2) is 62.9 Å². The number of hydrogen-bond donors (Lipinski definition) is 1. The second-order valence-electron chi connectivity index (χ2n) is 5.12. The predicted octanol–water partition coefficient (Wildman–Crippen LogP) is 1.41. The number of aromatic nitrogens is 1. The Morgan fingerprint density at radius 1 is 1.35 bits per heavy atom. The first-order valence-corrected chi connectivity index (χ1v) is 8.32. The average molecular weight is 298 g/mol. The smallest absolute Gasteiger partial charge is 0.185 e. The maximum atomic E-state index is 5.02. The van der Waals surface area contributed by atoms with Crippen molar-refractivity contribution < 1.29 is 4.74 Å². The van der Waals surface area contributed by atoms with E-state index in [0.29, 0.717) is 0 Å². The molecule has 20 heavy (non-hydrogen) atoms. The zero-order valence-corrected chi connectivity index (χ0v) is 13.4. The lowest BCUT2D eigenvalue weighted by Gasteiger charge is -2.34. The normalized spacial score (nSPS) is 16.8. The van der Waals surface area contributed by atoms with Gasteiger partial charge in [-0.1, -0.05) is 6.92 Å². The third-order valence-corrected chi connectivity index (χ3v) is 4.46. The highest BCUT2D eigenvalue weighted by Gasteiger charge is 2.18. The monoisotopic (exact) mass is 298 g/mol. The summed E-state index contributed by atoms with van der Waals surface area (Å²) < 4.78 is 5.02. The second-order valence-corrected chi connectivity index (χ2v) is 5.96. The summed E-state index contributed by atoms with van der Waals surface area (Å²) in [5.74, 6) is 0. The van der Waals surface area contributed by atoms with Gasteiger partial charge in [-0.05, 0) is 13.0 Å². The minimum atomic E-state index is 0.746. The zero-order chi connectivity index (χ0) is 14.2. The maximum absolute atomic E-state index is 5.02. The number of methoxy groups -OCH3 is 1. The molecule has 6 heteroatoms. The molecule has 1 aromatic heterocycles. The van der Waals surface area contributed by atoms with Crippen molar-refractivity contribution in [2.45, 2.75) is 19.9 Å². The van der Waals surface area contributed by atoms with Crippen LogP contribution >= 0.6 is 11.3 Å². The maximum Gasteiger partial charge on any atom is 0.185 e. The van der Waals surface area contributed by atoms with Gasteiger partial charge in [0, 0.05) is 51.8 Å². The largest absolute Gasteiger partial charge is 0.383 e. The Labute approximate surface area is 125 Å². The van der Waals surface area contributed by atoms with Crippen molar-refractivity contribution in [3.8, 4) is 0 Å². The average Bonchev–Trinajstić information content (AvgIpc) is 2.94. The lowest BCUT2D eigenvalue weighted by atomic mass is 10.3. The summed E-state index contributed by atoms with van der Waals surface area (Å²) in [5.41, 5.74) is 1.14. The molecule has 0 spiro atoms. The van der Waals surface area contributed by atoms with Crippen LogP contribution in [-0.2, 0) is 11.3 Å². The van der Waals surface area contributed by atoms with Crippen LogP contribution < -0.4 is 10.2 Å². The molecule has 1 N–H and O–H groups in total. The Morgan fingerprint density at radius 3 is 2.85 bits per heavy atom. The molecule has 2 rings (SSSR count). The van der Waals surface area contributed by atoms with E-state index in [4.69, 9.17) is 9.72 Å². The quantitative estimate of drug-likeness (QED) is 0.735. The number of rotatable bonds is 8. The van der Waals surface area contributed by atoms with Crippen LogP contribution in [0.25, 0.3) is 0 Å². The SMILES string of the molecule is CCCN1CCN(c2nc(CNCCOC)cs2)CC1. The van der Waals surface area contributed by atoms with Crippen LogP contribution in [0.15, 0.2) is 5.38 Å². The van der Waals surface area contributed by atoms with Gasteiger partial charge >= 0.3 is 0 Å². The summed E-state index contributed by atoms with van der Waals surface area (Å²) in [6.45, 7) is 10.4. The summed E-state index contributed by atoms with van der Waals surface area (Å²) in [7, 11) is 1.72. The van der Waals surface area contributed by atoms with Crippen LogP contribution in [0, 0.1) is 0 Å². The Bertz CT molecular complexity index is 377. The molecule has 1 fully saturated rings. The molecular formula is C14H26N4OS. The van der Waals surface area contributed by atoms with E-state index in [1.54, 1.807) is 18.4 Å². The van der Waals surface area contributed by atoms with Crippen molar-refractivity contribution in [1.29, 1.82) is 0 Å². The number of hydrogen-bond acceptors (Lipinski definition) is 6. The molecule has 0 bridgehead atoms. The van der Waals surface area contributed by atoms with Gasteiger partial charge < -0.3 is 15.0 Å². The van der Waals surface area contributed by atoms with Crippen molar-refractivity contribution >= 4 is 16.5 Å². The van der Waals surface area contributed by atoms with Crippen molar-refractivity contribution in [2.24, 2.45) is 0 Å². The molecule has 1 saturated heterocycles. The lowest BCUT2D eigenvalue weighted by molar-refractivity contribution is 0.199. The molecule has 0 radical (unpaired) electrons. The second kappa shape index (κ2) is 8.56.